The molecule has 0 radical (unpaired) electrons. The molecule has 3 aromatic carbocycles. The average Bonchev–Trinajstić information content (AvgIpc) is 2.84. The number of esters is 1. The minimum absolute atomic E-state index is 0.00984. The normalized spacial score (nSPS) is 13.6. The van der Waals surface area contributed by atoms with E-state index >= 15 is 0 Å². The summed E-state index contributed by atoms with van der Waals surface area (Å²) in [6.07, 6.45) is 3.20. The molecule has 1 aromatic heterocycles. The second kappa shape index (κ2) is 8.55. The van der Waals surface area contributed by atoms with Gasteiger partial charge in [-0.05, 0) is 24.6 Å². The van der Waals surface area contributed by atoms with Crippen molar-refractivity contribution in [2.75, 3.05) is 0 Å². The lowest BCUT2D eigenvalue weighted by Crippen LogP contribution is -2.10. The Morgan fingerprint density at radius 3 is 2.00 bits per heavy atom. The summed E-state index contributed by atoms with van der Waals surface area (Å²) in [6.45, 7) is 0. The number of aromatic nitrogens is 2. The molecule has 0 N–H and O–H groups in total. The van der Waals surface area contributed by atoms with Crippen molar-refractivity contribution in [2.24, 2.45) is 0 Å². The molecule has 156 valence electrons. The number of hydrogen-bond acceptors (Lipinski definition) is 5. The van der Waals surface area contributed by atoms with E-state index in [2.05, 4.69) is 0 Å². The lowest BCUT2D eigenvalue weighted by Gasteiger charge is -2.13. The molecule has 5 rings (SSSR count). The van der Waals surface area contributed by atoms with Gasteiger partial charge in [0.25, 0.3) is 0 Å². The van der Waals surface area contributed by atoms with Gasteiger partial charge in [-0.2, -0.15) is 0 Å². The second-order valence-electron chi connectivity index (χ2n) is 7.68. The Morgan fingerprint density at radius 2 is 1.38 bits per heavy atom. The highest BCUT2D eigenvalue weighted by Gasteiger charge is 2.18. The van der Waals surface area contributed by atoms with Crippen LogP contribution in [-0.4, -0.2) is 21.7 Å². The van der Waals surface area contributed by atoms with Crippen molar-refractivity contribution in [3.8, 4) is 22.5 Å². The van der Waals surface area contributed by atoms with Crippen molar-refractivity contribution in [3.63, 3.8) is 0 Å². The molecule has 0 saturated heterocycles. The maximum atomic E-state index is 12.7. The molecule has 1 heterocycles. The largest absolute Gasteiger partial charge is 0.427 e. The Bertz CT molecular complexity index is 1350. The van der Waals surface area contributed by atoms with Gasteiger partial charge in [-0.25, -0.2) is 14.8 Å². The molecule has 1 aliphatic rings. The number of allylic oxidation sites excluding steroid dienone is 2. The Balaban J connectivity index is 1.57. The Labute approximate surface area is 185 Å². The number of ether oxygens (including phenoxy) is 1. The maximum Gasteiger partial charge on any atom is 0.343 e. The third kappa shape index (κ3) is 4.05. The molecule has 32 heavy (non-hydrogen) atoms. The van der Waals surface area contributed by atoms with Gasteiger partial charge in [0.1, 0.15) is 5.76 Å². The number of carbonyl (C=O) groups excluding carboxylic acids is 2. The van der Waals surface area contributed by atoms with Crippen LogP contribution in [0.1, 0.15) is 29.6 Å². The van der Waals surface area contributed by atoms with Crippen LogP contribution in [0.3, 0.4) is 0 Å². The molecule has 0 saturated carbocycles. The number of ketones is 1. The van der Waals surface area contributed by atoms with E-state index in [1.807, 2.05) is 60.7 Å². The van der Waals surface area contributed by atoms with Crippen molar-refractivity contribution in [3.05, 3.63) is 96.3 Å². The van der Waals surface area contributed by atoms with Gasteiger partial charge in [0.2, 0.25) is 0 Å². The molecule has 0 amide bonds. The van der Waals surface area contributed by atoms with Crippen LogP contribution in [0.2, 0.25) is 0 Å². The summed E-state index contributed by atoms with van der Waals surface area (Å²) in [5, 5.41) is 0. The predicted molar refractivity (Wildman–Crippen MR) is 123 cm³/mol. The van der Waals surface area contributed by atoms with E-state index in [-0.39, 0.29) is 5.78 Å². The summed E-state index contributed by atoms with van der Waals surface area (Å²) in [7, 11) is 0. The number of hydrogen-bond donors (Lipinski definition) is 0. The summed E-state index contributed by atoms with van der Waals surface area (Å²) in [6, 6.07) is 24.9. The van der Waals surface area contributed by atoms with E-state index in [4.69, 9.17) is 14.7 Å². The first-order valence-corrected chi connectivity index (χ1v) is 10.6. The van der Waals surface area contributed by atoms with Crippen LogP contribution in [0.25, 0.3) is 33.5 Å². The zero-order valence-electron chi connectivity index (χ0n) is 17.3. The van der Waals surface area contributed by atoms with E-state index in [9.17, 15) is 9.59 Å². The van der Waals surface area contributed by atoms with E-state index in [1.54, 1.807) is 18.2 Å². The minimum atomic E-state index is -0.497. The zero-order chi connectivity index (χ0) is 21.9. The van der Waals surface area contributed by atoms with Crippen LogP contribution >= 0.6 is 0 Å². The molecular formula is C27H20N2O3. The van der Waals surface area contributed by atoms with E-state index < -0.39 is 5.97 Å². The molecule has 0 bridgehead atoms. The van der Waals surface area contributed by atoms with Crippen molar-refractivity contribution in [1.29, 1.82) is 0 Å². The standard InChI is InChI=1S/C27H20N2O3/c30-21-12-7-13-22(17-21)32-27(31)20-14-15-23-24(16-20)29-26(19-10-5-2-6-11-19)25(28-23)18-8-3-1-4-9-18/h1-6,8-11,14-17H,7,12-13H2. The molecule has 0 spiro atoms. The molecule has 0 fully saturated rings. The smallest absolute Gasteiger partial charge is 0.343 e. The number of carbonyl (C=O) groups is 2. The summed E-state index contributed by atoms with van der Waals surface area (Å²) >= 11 is 0. The number of fused-ring (bicyclic) bond motifs is 1. The lowest BCUT2D eigenvalue weighted by molar-refractivity contribution is -0.115. The van der Waals surface area contributed by atoms with E-state index in [0.29, 0.717) is 41.6 Å². The molecule has 5 heteroatoms. The molecule has 0 atom stereocenters. The van der Waals surface area contributed by atoms with Gasteiger partial charge in [-0.15, -0.1) is 0 Å². The SMILES string of the molecule is O=C1C=C(OC(=O)c2ccc3nc(-c4ccccc4)c(-c4ccccc4)nc3c2)CCC1. The van der Waals surface area contributed by atoms with E-state index in [1.165, 1.54) is 6.08 Å². The highest BCUT2D eigenvalue weighted by atomic mass is 16.5. The zero-order valence-corrected chi connectivity index (χ0v) is 17.3. The monoisotopic (exact) mass is 420 g/mol. The summed E-state index contributed by atoms with van der Waals surface area (Å²) in [4.78, 5) is 34.0. The highest BCUT2D eigenvalue weighted by Crippen LogP contribution is 2.31. The average molecular weight is 420 g/mol. The van der Waals surface area contributed by atoms with Gasteiger partial charge < -0.3 is 4.74 Å². The molecule has 0 unspecified atom stereocenters. The van der Waals surface area contributed by atoms with Gasteiger partial charge in [0, 0.05) is 30.0 Å². The predicted octanol–water partition coefficient (Wildman–Crippen LogP) is 5.76. The van der Waals surface area contributed by atoms with Crippen molar-refractivity contribution in [2.45, 2.75) is 19.3 Å². The highest BCUT2D eigenvalue weighted by molar-refractivity contribution is 5.96. The van der Waals surface area contributed by atoms with Gasteiger partial charge in [0.05, 0.1) is 28.0 Å². The van der Waals surface area contributed by atoms with Crippen molar-refractivity contribution < 1.29 is 14.3 Å². The first-order valence-electron chi connectivity index (χ1n) is 10.6. The summed E-state index contributed by atoms with van der Waals surface area (Å²) in [5.41, 5.74) is 5.11. The minimum Gasteiger partial charge on any atom is -0.427 e. The molecule has 0 aliphatic heterocycles. The van der Waals surface area contributed by atoms with Gasteiger partial charge in [-0.1, -0.05) is 60.7 Å². The number of nitrogens with zero attached hydrogens (tertiary/aromatic N) is 2. The summed E-state index contributed by atoms with van der Waals surface area (Å²) < 4.78 is 5.46. The molecular weight excluding hydrogens is 400 g/mol. The Kier molecular flexibility index (Phi) is 5.30. The first-order chi connectivity index (χ1) is 15.7. The Hall–Kier alpha value is -4.12. The van der Waals surface area contributed by atoms with Crippen LogP contribution in [-0.2, 0) is 9.53 Å². The second-order valence-corrected chi connectivity index (χ2v) is 7.68. The van der Waals surface area contributed by atoms with Crippen molar-refractivity contribution in [1.82, 2.24) is 9.97 Å². The molecule has 1 aliphatic carbocycles. The van der Waals surface area contributed by atoms with Crippen LogP contribution in [0, 0.1) is 0 Å². The fraction of sp³-hybridized carbons (Fsp3) is 0.111. The van der Waals surface area contributed by atoms with Crippen molar-refractivity contribution >= 4 is 22.8 Å². The number of rotatable bonds is 4. The van der Waals surface area contributed by atoms with Crippen LogP contribution < -0.4 is 0 Å². The van der Waals surface area contributed by atoms with Crippen LogP contribution in [0.4, 0.5) is 0 Å². The third-order valence-corrected chi connectivity index (χ3v) is 5.39. The third-order valence-electron chi connectivity index (χ3n) is 5.39. The topological polar surface area (TPSA) is 69.2 Å². The lowest BCUT2D eigenvalue weighted by atomic mass is 10.0. The first kappa shape index (κ1) is 19.8. The summed E-state index contributed by atoms with van der Waals surface area (Å²) in [5.74, 6) is -0.0887. The molecule has 4 aromatic rings. The quantitative estimate of drug-likeness (QED) is 0.393. The van der Waals surface area contributed by atoms with Crippen LogP contribution in [0.5, 0.6) is 0 Å². The number of benzene rings is 3. The van der Waals surface area contributed by atoms with Crippen LogP contribution in [0.15, 0.2) is 90.7 Å². The fourth-order valence-electron chi connectivity index (χ4n) is 3.80. The molecule has 5 nitrogen and oxygen atoms in total. The maximum absolute atomic E-state index is 12.7. The van der Waals surface area contributed by atoms with Gasteiger partial charge in [0.15, 0.2) is 5.78 Å². The van der Waals surface area contributed by atoms with E-state index in [0.717, 1.165) is 22.5 Å². The van der Waals surface area contributed by atoms with Gasteiger partial charge in [-0.3, -0.25) is 4.79 Å². The van der Waals surface area contributed by atoms with Gasteiger partial charge >= 0.3 is 5.97 Å². The fourth-order valence-corrected chi connectivity index (χ4v) is 3.80. The Morgan fingerprint density at radius 1 is 0.750 bits per heavy atom.